The lowest BCUT2D eigenvalue weighted by Gasteiger charge is -2.13. The number of rotatable bonds is 5. The minimum atomic E-state index is -3.96. The van der Waals surface area contributed by atoms with Crippen LogP contribution in [0.1, 0.15) is 10.4 Å². The fourth-order valence-corrected chi connectivity index (χ4v) is 4.54. The molecule has 0 saturated carbocycles. The molecule has 7 nitrogen and oxygen atoms in total. The predicted octanol–water partition coefficient (Wildman–Crippen LogP) is 3.74. The molecule has 9 heteroatoms. The first-order valence-electron chi connectivity index (χ1n) is 8.24. The van der Waals surface area contributed by atoms with Crippen molar-refractivity contribution >= 4 is 50.1 Å². The third kappa shape index (κ3) is 3.57. The molecule has 140 valence electrons. The van der Waals surface area contributed by atoms with Crippen molar-refractivity contribution in [3.05, 3.63) is 78.4 Å². The molecule has 1 heterocycles. The van der Waals surface area contributed by atoms with E-state index in [9.17, 15) is 13.2 Å². The van der Waals surface area contributed by atoms with Gasteiger partial charge in [0.25, 0.3) is 15.9 Å². The van der Waals surface area contributed by atoms with Crippen LogP contribution < -0.4 is 10.0 Å². The molecule has 1 amide bonds. The van der Waals surface area contributed by atoms with E-state index in [0.717, 1.165) is 11.7 Å². The van der Waals surface area contributed by atoms with Crippen molar-refractivity contribution in [3.8, 4) is 0 Å². The monoisotopic (exact) mass is 410 g/mol. The number of nitrogens with one attached hydrogen (secondary N) is 2. The van der Waals surface area contributed by atoms with Crippen molar-refractivity contribution in [2.75, 3.05) is 10.0 Å². The molecule has 28 heavy (non-hydrogen) atoms. The van der Waals surface area contributed by atoms with E-state index in [1.807, 2.05) is 6.07 Å². The minimum Gasteiger partial charge on any atom is -0.322 e. The second-order valence-corrected chi connectivity index (χ2v) is 8.04. The van der Waals surface area contributed by atoms with E-state index in [-0.39, 0.29) is 16.1 Å². The van der Waals surface area contributed by atoms with Gasteiger partial charge in [0, 0.05) is 5.69 Å². The Balaban J connectivity index is 1.67. The Morgan fingerprint density at radius 3 is 2.43 bits per heavy atom. The summed E-state index contributed by atoms with van der Waals surface area (Å²) in [5, 5.41) is 2.76. The maximum atomic E-state index is 12.9. The molecule has 0 fully saturated rings. The molecule has 1 aromatic heterocycles. The average Bonchev–Trinajstić information content (AvgIpc) is 3.17. The zero-order valence-corrected chi connectivity index (χ0v) is 16.0. The van der Waals surface area contributed by atoms with Crippen LogP contribution in [0.15, 0.2) is 77.7 Å². The summed E-state index contributed by atoms with van der Waals surface area (Å²) in [7, 11) is -3.96. The molecule has 0 atom stereocenters. The number of hydrogen-bond acceptors (Lipinski definition) is 6. The largest absolute Gasteiger partial charge is 0.322 e. The lowest BCUT2D eigenvalue weighted by Crippen LogP contribution is -2.18. The van der Waals surface area contributed by atoms with Crippen LogP contribution in [0.4, 0.5) is 11.4 Å². The van der Waals surface area contributed by atoms with Gasteiger partial charge in [0.05, 0.1) is 23.0 Å². The number of anilines is 2. The Morgan fingerprint density at radius 2 is 1.61 bits per heavy atom. The molecule has 0 unspecified atom stereocenters. The van der Waals surface area contributed by atoms with E-state index in [1.165, 1.54) is 12.1 Å². The molecule has 2 N–H and O–H groups in total. The van der Waals surface area contributed by atoms with Gasteiger partial charge in [-0.2, -0.15) is 8.75 Å². The zero-order valence-electron chi connectivity index (χ0n) is 14.4. The third-order valence-electron chi connectivity index (χ3n) is 3.99. The van der Waals surface area contributed by atoms with Crippen LogP contribution >= 0.6 is 11.7 Å². The maximum absolute atomic E-state index is 12.9. The van der Waals surface area contributed by atoms with Crippen molar-refractivity contribution in [2.24, 2.45) is 0 Å². The van der Waals surface area contributed by atoms with Gasteiger partial charge in [0.15, 0.2) is 0 Å². The van der Waals surface area contributed by atoms with Crippen LogP contribution in [0.25, 0.3) is 11.0 Å². The fourth-order valence-electron chi connectivity index (χ4n) is 2.69. The first kappa shape index (κ1) is 18.1. The molecule has 0 bridgehead atoms. The van der Waals surface area contributed by atoms with Gasteiger partial charge < -0.3 is 5.32 Å². The summed E-state index contributed by atoms with van der Waals surface area (Å²) in [6.45, 7) is 0. The second-order valence-electron chi connectivity index (χ2n) is 5.86. The molecule has 0 aliphatic rings. The van der Waals surface area contributed by atoms with Crippen molar-refractivity contribution < 1.29 is 13.2 Å². The number of para-hydroxylation sites is 2. The number of hydrogen-bond donors (Lipinski definition) is 2. The molecule has 0 spiro atoms. The first-order valence-corrected chi connectivity index (χ1v) is 10.5. The van der Waals surface area contributed by atoms with Gasteiger partial charge in [0.1, 0.15) is 15.9 Å². The standard InChI is InChI=1S/C19H14N4O3S2/c24-19(20-13-7-2-1-3-8-13)14-9-4-5-10-15(14)23-28(25,26)17-12-6-11-16-18(17)22-27-21-16/h1-12,23H,(H,20,24). The zero-order chi connectivity index (χ0) is 19.6. The second kappa shape index (κ2) is 7.37. The number of sulfonamides is 1. The summed E-state index contributed by atoms with van der Waals surface area (Å²) in [6.07, 6.45) is 0. The highest BCUT2D eigenvalue weighted by Gasteiger charge is 2.22. The van der Waals surface area contributed by atoms with Gasteiger partial charge in [0.2, 0.25) is 0 Å². The van der Waals surface area contributed by atoms with Crippen LogP contribution in [-0.4, -0.2) is 23.1 Å². The van der Waals surface area contributed by atoms with Gasteiger partial charge in [-0.15, -0.1) is 0 Å². The number of fused-ring (bicyclic) bond motifs is 1. The van der Waals surface area contributed by atoms with Crippen molar-refractivity contribution in [2.45, 2.75) is 4.90 Å². The molecular weight excluding hydrogens is 396 g/mol. The molecule has 4 rings (SSSR count). The Morgan fingerprint density at radius 1 is 0.857 bits per heavy atom. The quantitative estimate of drug-likeness (QED) is 0.522. The number of nitrogens with zero attached hydrogens (tertiary/aromatic N) is 2. The Bertz CT molecular complexity index is 1250. The topological polar surface area (TPSA) is 101 Å². The summed E-state index contributed by atoms with van der Waals surface area (Å²) < 4.78 is 36.5. The van der Waals surface area contributed by atoms with Gasteiger partial charge in [-0.3, -0.25) is 9.52 Å². The van der Waals surface area contributed by atoms with Gasteiger partial charge in [-0.05, 0) is 36.4 Å². The third-order valence-corrected chi connectivity index (χ3v) is 5.93. The highest BCUT2D eigenvalue weighted by atomic mass is 32.2. The van der Waals surface area contributed by atoms with Crippen molar-refractivity contribution in [3.63, 3.8) is 0 Å². The van der Waals surface area contributed by atoms with Crippen molar-refractivity contribution in [1.82, 2.24) is 8.75 Å². The van der Waals surface area contributed by atoms with E-state index in [4.69, 9.17) is 0 Å². The van der Waals surface area contributed by atoms with Gasteiger partial charge in [-0.1, -0.05) is 36.4 Å². The highest BCUT2D eigenvalue weighted by Crippen LogP contribution is 2.25. The van der Waals surface area contributed by atoms with E-state index < -0.39 is 15.9 Å². The van der Waals surface area contributed by atoms with E-state index in [2.05, 4.69) is 18.8 Å². The number of carbonyl (C=O) groups is 1. The Hall–Kier alpha value is -3.30. The van der Waals surface area contributed by atoms with Crippen LogP contribution in [0.2, 0.25) is 0 Å². The minimum absolute atomic E-state index is 0.0111. The highest BCUT2D eigenvalue weighted by molar-refractivity contribution is 7.93. The number of benzene rings is 3. The van der Waals surface area contributed by atoms with Crippen LogP contribution in [0, 0.1) is 0 Å². The predicted molar refractivity (Wildman–Crippen MR) is 109 cm³/mol. The summed E-state index contributed by atoms with van der Waals surface area (Å²) in [6, 6.07) is 20.1. The fraction of sp³-hybridized carbons (Fsp3) is 0. The molecule has 0 aliphatic carbocycles. The summed E-state index contributed by atoms with van der Waals surface area (Å²) in [5.74, 6) is -0.418. The Labute approximate surface area is 165 Å². The Kier molecular flexibility index (Phi) is 4.76. The molecule has 0 saturated heterocycles. The first-order chi connectivity index (χ1) is 13.5. The number of carbonyl (C=O) groups excluding carboxylic acids is 1. The summed E-state index contributed by atoms with van der Waals surface area (Å²) in [4.78, 5) is 12.7. The van der Waals surface area contributed by atoms with E-state index in [1.54, 1.807) is 54.6 Å². The van der Waals surface area contributed by atoms with Crippen molar-refractivity contribution in [1.29, 1.82) is 0 Å². The van der Waals surface area contributed by atoms with Gasteiger partial charge >= 0.3 is 0 Å². The van der Waals surface area contributed by atoms with Crippen LogP contribution in [-0.2, 0) is 10.0 Å². The SMILES string of the molecule is O=C(Nc1ccccc1)c1ccccc1NS(=O)(=O)c1cccc2nsnc12. The number of aromatic nitrogens is 2. The molecule has 0 aliphatic heterocycles. The molecule has 0 radical (unpaired) electrons. The van der Waals surface area contributed by atoms with E-state index >= 15 is 0 Å². The normalized spacial score (nSPS) is 11.3. The maximum Gasteiger partial charge on any atom is 0.264 e. The lowest BCUT2D eigenvalue weighted by molar-refractivity contribution is 0.102. The summed E-state index contributed by atoms with van der Waals surface area (Å²) in [5.41, 5.74) is 1.80. The molecular formula is C19H14N4O3S2. The van der Waals surface area contributed by atoms with Gasteiger partial charge in [-0.25, -0.2) is 8.42 Å². The molecule has 4 aromatic rings. The average molecular weight is 410 g/mol. The smallest absolute Gasteiger partial charge is 0.264 e. The molecule has 3 aromatic carbocycles. The lowest BCUT2D eigenvalue weighted by atomic mass is 10.1. The van der Waals surface area contributed by atoms with Crippen LogP contribution in [0.5, 0.6) is 0 Å². The van der Waals surface area contributed by atoms with Crippen LogP contribution in [0.3, 0.4) is 0 Å². The summed E-state index contributed by atoms with van der Waals surface area (Å²) >= 11 is 0.942. The van der Waals surface area contributed by atoms with E-state index in [0.29, 0.717) is 16.7 Å². The number of amides is 1.